The number of benzene rings is 1. The third kappa shape index (κ3) is 3.33. The Morgan fingerprint density at radius 2 is 1.95 bits per heavy atom. The standard InChI is InChI=1S/C15H22FN3O2/c1-15(2,10-17)19-7-5-18(6-8-19)14(21)12-4-3-11(16)9-13(12)20/h3-4,9,20H,5-8,10,17H2,1-2H3. The summed E-state index contributed by atoms with van der Waals surface area (Å²) in [5.41, 5.74) is 5.82. The number of rotatable bonds is 3. The third-order valence-electron chi connectivity index (χ3n) is 4.11. The van der Waals surface area contributed by atoms with Crippen molar-refractivity contribution in [1.82, 2.24) is 9.80 Å². The predicted molar refractivity (Wildman–Crippen MR) is 78.7 cm³/mol. The zero-order valence-corrected chi connectivity index (χ0v) is 12.5. The second-order valence-corrected chi connectivity index (χ2v) is 5.96. The molecule has 3 N–H and O–H groups in total. The number of nitrogens with zero attached hydrogens (tertiary/aromatic N) is 2. The van der Waals surface area contributed by atoms with E-state index < -0.39 is 5.82 Å². The number of nitrogens with two attached hydrogens (primary N) is 1. The number of hydrogen-bond donors (Lipinski definition) is 2. The molecule has 116 valence electrons. The van der Waals surface area contributed by atoms with E-state index in [1.807, 2.05) is 0 Å². The Morgan fingerprint density at radius 3 is 2.48 bits per heavy atom. The Kier molecular flexibility index (Phi) is 4.49. The van der Waals surface area contributed by atoms with Gasteiger partial charge in [-0.05, 0) is 26.0 Å². The zero-order valence-electron chi connectivity index (χ0n) is 12.5. The summed E-state index contributed by atoms with van der Waals surface area (Å²) in [5, 5.41) is 9.70. The van der Waals surface area contributed by atoms with E-state index in [4.69, 9.17) is 5.73 Å². The zero-order chi connectivity index (χ0) is 15.6. The lowest BCUT2D eigenvalue weighted by Crippen LogP contribution is -2.58. The molecule has 6 heteroatoms. The molecule has 1 aliphatic heterocycles. The lowest BCUT2D eigenvalue weighted by Gasteiger charge is -2.43. The van der Waals surface area contributed by atoms with Gasteiger partial charge in [0.1, 0.15) is 11.6 Å². The maximum Gasteiger partial charge on any atom is 0.257 e. The molecule has 0 unspecified atom stereocenters. The largest absolute Gasteiger partial charge is 0.507 e. The maximum atomic E-state index is 13.0. The molecule has 1 heterocycles. The smallest absolute Gasteiger partial charge is 0.257 e. The highest BCUT2D eigenvalue weighted by Crippen LogP contribution is 2.22. The molecule has 1 aliphatic rings. The molecule has 5 nitrogen and oxygen atoms in total. The summed E-state index contributed by atoms with van der Waals surface area (Å²) in [7, 11) is 0. The van der Waals surface area contributed by atoms with Gasteiger partial charge in [0.05, 0.1) is 5.56 Å². The number of carbonyl (C=O) groups is 1. The first-order valence-corrected chi connectivity index (χ1v) is 7.08. The molecule has 1 aromatic carbocycles. The molecule has 0 radical (unpaired) electrons. The van der Waals surface area contributed by atoms with Gasteiger partial charge in [0.15, 0.2) is 0 Å². The van der Waals surface area contributed by atoms with Crippen LogP contribution in [0.15, 0.2) is 18.2 Å². The topological polar surface area (TPSA) is 69.8 Å². The number of phenols is 1. The fourth-order valence-corrected chi connectivity index (χ4v) is 2.50. The summed E-state index contributed by atoms with van der Waals surface area (Å²) >= 11 is 0. The summed E-state index contributed by atoms with van der Waals surface area (Å²) in [6.45, 7) is 7.32. The number of piperazine rings is 1. The summed E-state index contributed by atoms with van der Waals surface area (Å²) < 4.78 is 13.0. The Labute approximate surface area is 124 Å². The van der Waals surface area contributed by atoms with Gasteiger partial charge < -0.3 is 15.7 Å². The molecule has 0 spiro atoms. The Morgan fingerprint density at radius 1 is 1.33 bits per heavy atom. The van der Waals surface area contributed by atoms with Crippen molar-refractivity contribution >= 4 is 5.91 Å². The van der Waals surface area contributed by atoms with Crippen LogP contribution in [0.1, 0.15) is 24.2 Å². The average molecular weight is 295 g/mol. The van der Waals surface area contributed by atoms with Crippen molar-refractivity contribution in [3.8, 4) is 5.75 Å². The number of hydrogen-bond acceptors (Lipinski definition) is 4. The van der Waals surface area contributed by atoms with E-state index in [2.05, 4.69) is 18.7 Å². The number of carbonyl (C=O) groups excluding carboxylic acids is 1. The van der Waals surface area contributed by atoms with Gasteiger partial charge >= 0.3 is 0 Å². The molecule has 0 aromatic heterocycles. The molecule has 1 aromatic rings. The van der Waals surface area contributed by atoms with Gasteiger partial charge in [-0.3, -0.25) is 9.69 Å². The average Bonchev–Trinajstić information content (AvgIpc) is 2.47. The molecule has 0 bridgehead atoms. The second-order valence-electron chi connectivity index (χ2n) is 5.96. The van der Waals surface area contributed by atoms with Crippen LogP contribution < -0.4 is 5.73 Å². The van der Waals surface area contributed by atoms with Crippen LogP contribution in [-0.4, -0.2) is 59.1 Å². The first-order chi connectivity index (χ1) is 9.85. The van der Waals surface area contributed by atoms with Gasteiger partial charge in [-0.25, -0.2) is 4.39 Å². The van der Waals surface area contributed by atoms with Crippen LogP contribution in [0.3, 0.4) is 0 Å². The van der Waals surface area contributed by atoms with Crippen LogP contribution in [0.2, 0.25) is 0 Å². The van der Waals surface area contributed by atoms with Crippen LogP contribution in [0.5, 0.6) is 5.75 Å². The lowest BCUT2D eigenvalue weighted by molar-refractivity contribution is 0.0424. The minimum absolute atomic E-state index is 0.0901. The van der Waals surface area contributed by atoms with Gasteiger partial charge in [-0.15, -0.1) is 0 Å². The molecule has 0 atom stereocenters. The number of halogens is 1. The van der Waals surface area contributed by atoms with Crippen LogP contribution in [0.4, 0.5) is 4.39 Å². The normalized spacial score (nSPS) is 17.0. The minimum atomic E-state index is -0.557. The molecule has 21 heavy (non-hydrogen) atoms. The molecule has 1 saturated heterocycles. The summed E-state index contributed by atoms with van der Waals surface area (Å²) in [6, 6.07) is 3.46. The highest BCUT2D eigenvalue weighted by Gasteiger charge is 2.31. The van der Waals surface area contributed by atoms with Crippen molar-refractivity contribution in [2.75, 3.05) is 32.7 Å². The molecule has 2 rings (SSSR count). The second kappa shape index (κ2) is 5.99. The predicted octanol–water partition coefficient (Wildman–Crippen LogP) is 1.03. The SMILES string of the molecule is CC(C)(CN)N1CCN(C(=O)c2ccc(F)cc2O)CC1. The van der Waals surface area contributed by atoms with Crippen molar-refractivity contribution in [3.05, 3.63) is 29.6 Å². The van der Waals surface area contributed by atoms with Crippen molar-refractivity contribution < 1.29 is 14.3 Å². The van der Waals surface area contributed by atoms with E-state index in [0.29, 0.717) is 19.6 Å². The lowest BCUT2D eigenvalue weighted by atomic mass is 10.0. The van der Waals surface area contributed by atoms with E-state index >= 15 is 0 Å². The van der Waals surface area contributed by atoms with Crippen LogP contribution in [0.25, 0.3) is 0 Å². The Hall–Kier alpha value is -1.66. The monoisotopic (exact) mass is 295 g/mol. The van der Waals surface area contributed by atoms with E-state index in [1.165, 1.54) is 12.1 Å². The van der Waals surface area contributed by atoms with Gasteiger partial charge in [0.2, 0.25) is 0 Å². The molecule has 0 saturated carbocycles. The first-order valence-electron chi connectivity index (χ1n) is 7.08. The van der Waals surface area contributed by atoms with E-state index in [-0.39, 0.29) is 22.8 Å². The maximum absolute atomic E-state index is 13.0. The molecular weight excluding hydrogens is 273 g/mol. The highest BCUT2D eigenvalue weighted by molar-refractivity contribution is 5.96. The number of amides is 1. The third-order valence-corrected chi connectivity index (χ3v) is 4.11. The molecular formula is C15H22FN3O2. The summed E-state index contributed by atoms with van der Waals surface area (Å²) in [5.74, 6) is -1.14. The van der Waals surface area contributed by atoms with Gasteiger partial charge in [-0.2, -0.15) is 0 Å². The Balaban J connectivity index is 2.03. The van der Waals surface area contributed by atoms with Gasteiger partial charge in [0.25, 0.3) is 5.91 Å². The quantitative estimate of drug-likeness (QED) is 0.874. The Bertz CT molecular complexity index is 526. The minimum Gasteiger partial charge on any atom is -0.507 e. The molecule has 1 amide bonds. The van der Waals surface area contributed by atoms with Crippen LogP contribution >= 0.6 is 0 Å². The number of aromatic hydroxyl groups is 1. The van der Waals surface area contributed by atoms with Crippen molar-refractivity contribution in [2.45, 2.75) is 19.4 Å². The first kappa shape index (κ1) is 15.7. The van der Waals surface area contributed by atoms with Crippen molar-refractivity contribution in [1.29, 1.82) is 0 Å². The van der Waals surface area contributed by atoms with E-state index in [9.17, 15) is 14.3 Å². The van der Waals surface area contributed by atoms with Crippen molar-refractivity contribution in [3.63, 3.8) is 0 Å². The molecule has 1 fully saturated rings. The van der Waals surface area contributed by atoms with Crippen molar-refractivity contribution in [2.24, 2.45) is 5.73 Å². The van der Waals surface area contributed by atoms with E-state index in [1.54, 1.807) is 4.90 Å². The van der Waals surface area contributed by atoms with Crippen LogP contribution in [0, 0.1) is 5.82 Å². The highest BCUT2D eigenvalue weighted by atomic mass is 19.1. The summed E-state index contributed by atoms with van der Waals surface area (Å²) in [4.78, 5) is 16.3. The number of phenolic OH excluding ortho intramolecular Hbond substituents is 1. The van der Waals surface area contributed by atoms with Crippen LogP contribution in [-0.2, 0) is 0 Å². The fraction of sp³-hybridized carbons (Fsp3) is 0.533. The van der Waals surface area contributed by atoms with E-state index in [0.717, 1.165) is 19.2 Å². The summed E-state index contributed by atoms with van der Waals surface area (Å²) in [6.07, 6.45) is 0. The van der Waals surface area contributed by atoms with Gasteiger partial charge in [-0.1, -0.05) is 0 Å². The van der Waals surface area contributed by atoms with Gasteiger partial charge in [0, 0.05) is 44.3 Å². The molecule has 0 aliphatic carbocycles. The fourth-order valence-electron chi connectivity index (χ4n) is 2.50.